The molecule has 9 unspecified atom stereocenters. The van der Waals surface area contributed by atoms with Gasteiger partial charge in [0.2, 0.25) is 0 Å². The van der Waals surface area contributed by atoms with Crippen molar-refractivity contribution in [3.05, 3.63) is 11.6 Å². The smallest absolute Gasteiger partial charge is 0.0657 e. The molecule has 160 valence electrons. The molecule has 0 amide bonds. The Balaban J connectivity index is 1.54. The van der Waals surface area contributed by atoms with Crippen LogP contribution in [0.25, 0.3) is 0 Å². The first-order valence-corrected chi connectivity index (χ1v) is 12.2. The highest BCUT2D eigenvalue weighted by molar-refractivity contribution is 5.26. The van der Waals surface area contributed by atoms with Gasteiger partial charge in [0.1, 0.15) is 0 Å². The highest BCUT2D eigenvalue weighted by Crippen LogP contribution is 2.67. The molecule has 3 fully saturated rings. The van der Waals surface area contributed by atoms with E-state index in [9.17, 15) is 10.2 Å². The molecule has 0 heterocycles. The zero-order valence-corrected chi connectivity index (χ0v) is 19.0. The molecule has 9 atom stereocenters. The standard InChI is InChI=1S/C26H44O2/c1-17(6-7-18(2)27)21-10-11-22-20-9-8-19-16-24(3,28)14-15-25(19,4)23(20)12-13-26(21,22)5/h8,17-18,20-23,27-28H,6-7,9-16H2,1-5H3. The molecule has 2 heteroatoms. The predicted molar refractivity (Wildman–Crippen MR) is 116 cm³/mol. The van der Waals surface area contributed by atoms with Gasteiger partial charge in [-0.2, -0.15) is 0 Å². The van der Waals surface area contributed by atoms with Gasteiger partial charge < -0.3 is 10.2 Å². The summed E-state index contributed by atoms with van der Waals surface area (Å²) in [6, 6.07) is 0. The largest absolute Gasteiger partial charge is 0.393 e. The summed E-state index contributed by atoms with van der Waals surface area (Å²) in [6.07, 6.45) is 14.4. The third kappa shape index (κ3) is 3.31. The fourth-order valence-corrected chi connectivity index (χ4v) is 8.49. The van der Waals surface area contributed by atoms with Crippen molar-refractivity contribution in [2.45, 2.75) is 111 Å². The summed E-state index contributed by atoms with van der Waals surface area (Å²) >= 11 is 0. The van der Waals surface area contributed by atoms with Crippen LogP contribution >= 0.6 is 0 Å². The summed E-state index contributed by atoms with van der Waals surface area (Å²) in [6.45, 7) is 11.6. The Morgan fingerprint density at radius 2 is 1.75 bits per heavy atom. The third-order valence-electron chi connectivity index (χ3n) is 10.2. The SMILES string of the molecule is CC(O)CCC(C)C1CCC2C3CC=C4CC(C)(O)CCC4(C)C3CCC12C. The molecule has 0 bridgehead atoms. The second-order valence-corrected chi connectivity index (χ2v) is 12.1. The van der Waals surface area contributed by atoms with Gasteiger partial charge in [0.15, 0.2) is 0 Å². The zero-order valence-electron chi connectivity index (χ0n) is 19.0. The maximum atomic E-state index is 10.6. The minimum absolute atomic E-state index is 0.159. The zero-order chi connectivity index (χ0) is 20.3. The fourth-order valence-electron chi connectivity index (χ4n) is 8.49. The van der Waals surface area contributed by atoms with Crippen molar-refractivity contribution < 1.29 is 10.2 Å². The van der Waals surface area contributed by atoms with Gasteiger partial charge >= 0.3 is 0 Å². The predicted octanol–water partition coefficient (Wildman–Crippen LogP) is 6.11. The van der Waals surface area contributed by atoms with Crippen LogP contribution < -0.4 is 0 Å². The van der Waals surface area contributed by atoms with E-state index in [1.165, 1.54) is 44.9 Å². The van der Waals surface area contributed by atoms with Crippen LogP contribution in [0, 0.1) is 40.4 Å². The number of aliphatic hydroxyl groups excluding tert-OH is 1. The summed E-state index contributed by atoms with van der Waals surface area (Å²) < 4.78 is 0. The molecule has 0 aromatic rings. The van der Waals surface area contributed by atoms with E-state index in [0.29, 0.717) is 10.8 Å². The molecule has 0 saturated heterocycles. The number of hydrogen-bond donors (Lipinski definition) is 2. The van der Waals surface area contributed by atoms with E-state index in [-0.39, 0.29) is 6.10 Å². The normalized spacial score (nSPS) is 50.2. The molecule has 3 saturated carbocycles. The average molecular weight is 389 g/mol. The molecule has 0 aliphatic heterocycles. The summed E-state index contributed by atoms with van der Waals surface area (Å²) in [5.74, 6) is 4.12. The maximum absolute atomic E-state index is 10.6. The Morgan fingerprint density at radius 3 is 2.46 bits per heavy atom. The monoisotopic (exact) mass is 388 g/mol. The lowest BCUT2D eigenvalue weighted by Crippen LogP contribution is -2.52. The van der Waals surface area contributed by atoms with Gasteiger partial charge in [0.25, 0.3) is 0 Å². The first kappa shape index (κ1) is 20.9. The van der Waals surface area contributed by atoms with E-state index >= 15 is 0 Å². The number of aliphatic hydroxyl groups is 2. The van der Waals surface area contributed by atoms with Gasteiger partial charge in [-0.3, -0.25) is 0 Å². The minimum Gasteiger partial charge on any atom is -0.393 e. The van der Waals surface area contributed by atoms with E-state index < -0.39 is 5.60 Å². The molecule has 28 heavy (non-hydrogen) atoms. The number of allylic oxidation sites excluding steroid dienone is 1. The highest BCUT2D eigenvalue weighted by atomic mass is 16.3. The highest BCUT2D eigenvalue weighted by Gasteiger charge is 2.59. The number of fused-ring (bicyclic) bond motifs is 5. The lowest BCUT2D eigenvalue weighted by atomic mass is 9.46. The summed E-state index contributed by atoms with van der Waals surface area (Å²) in [7, 11) is 0. The Morgan fingerprint density at radius 1 is 1.00 bits per heavy atom. The van der Waals surface area contributed by atoms with Crippen LogP contribution in [0.2, 0.25) is 0 Å². The Labute approximate surface area is 173 Å². The number of hydrogen-bond acceptors (Lipinski definition) is 2. The summed E-state index contributed by atoms with van der Waals surface area (Å²) in [5.41, 5.74) is 1.93. The minimum atomic E-state index is -0.487. The third-order valence-corrected chi connectivity index (χ3v) is 10.2. The van der Waals surface area contributed by atoms with E-state index in [1.807, 2.05) is 13.8 Å². The van der Waals surface area contributed by atoms with Crippen molar-refractivity contribution in [2.75, 3.05) is 0 Å². The van der Waals surface area contributed by atoms with Crippen molar-refractivity contribution in [2.24, 2.45) is 40.4 Å². The Kier molecular flexibility index (Phi) is 5.32. The molecule has 0 aromatic carbocycles. The van der Waals surface area contributed by atoms with Gasteiger partial charge in [0, 0.05) is 0 Å². The van der Waals surface area contributed by atoms with Gasteiger partial charge in [0.05, 0.1) is 11.7 Å². The van der Waals surface area contributed by atoms with E-state index in [4.69, 9.17) is 0 Å². The van der Waals surface area contributed by atoms with Crippen molar-refractivity contribution in [1.82, 2.24) is 0 Å². The lowest BCUT2D eigenvalue weighted by molar-refractivity contribution is -0.0708. The fraction of sp³-hybridized carbons (Fsp3) is 0.923. The Hall–Kier alpha value is -0.340. The maximum Gasteiger partial charge on any atom is 0.0657 e. The quantitative estimate of drug-likeness (QED) is 0.570. The van der Waals surface area contributed by atoms with Crippen LogP contribution in [-0.2, 0) is 0 Å². The molecule has 0 aromatic heterocycles. The molecule has 4 rings (SSSR count). The van der Waals surface area contributed by atoms with E-state index in [1.54, 1.807) is 5.57 Å². The van der Waals surface area contributed by atoms with Crippen LogP contribution in [0.1, 0.15) is 98.8 Å². The van der Waals surface area contributed by atoms with Gasteiger partial charge in [-0.05, 0) is 118 Å². The van der Waals surface area contributed by atoms with Crippen molar-refractivity contribution >= 4 is 0 Å². The van der Waals surface area contributed by atoms with Crippen LogP contribution in [0.15, 0.2) is 11.6 Å². The molecule has 0 radical (unpaired) electrons. The second kappa shape index (κ2) is 7.12. The molecule has 4 aliphatic rings. The Bertz CT molecular complexity index is 620. The topological polar surface area (TPSA) is 40.5 Å². The van der Waals surface area contributed by atoms with Gasteiger partial charge in [-0.1, -0.05) is 32.4 Å². The van der Waals surface area contributed by atoms with Crippen LogP contribution in [-0.4, -0.2) is 21.9 Å². The second-order valence-electron chi connectivity index (χ2n) is 12.1. The number of rotatable bonds is 4. The van der Waals surface area contributed by atoms with Gasteiger partial charge in [-0.15, -0.1) is 0 Å². The summed E-state index contributed by atoms with van der Waals surface area (Å²) in [4.78, 5) is 0. The van der Waals surface area contributed by atoms with Crippen LogP contribution in [0.5, 0.6) is 0 Å². The van der Waals surface area contributed by atoms with E-state index in [2.05, 4.69) is 26.8 Å². The first-order chi connectivity index (χ1) is 13.1. The van der Waals surface area contributed by atoms with Crippen molar-refractivity contribution in [1.29, 1.82) is 0 Å². The molecular weight excluding hydrogens is 344 g/mol. The molecule has 0 spiro atoms. The van der Waals surface area contributed by atoms with Crippen LogP contribution in [0.3, 0.4) is 0 Å². The van der Waals surface area contributed by atoms with Crippen molar-refractivity contribution in [3.8, 4) is 0 Å². The first-order valence-electron chi connectivity index (χ1n) is 12.2. The molecular formula is C26H44O2. The van der Waals surface area contributed by atoms with Gasteiger partial charge in [-0.25, -0.2) is 0 Å². The lowest BCUT2D eigenvalue weighted by Gasteiger charge is -2.59. The molecule has 2 nitrogen and oxygen atoms in total. The average Bonchev–Trinajstić information content (AvgIpc) is 2.97. The molecule has 2 N–H and O–H groups in total. The van der Waals surface area contributed by atoms with Crippen LogP contribution in [0.4, 0.5) is 0 Å². The van der Waals surface area contributed by atoms with Crippen molar-refractivity contribution in [3.63, 3.8) is 0 Å². The molecule has 4 aliphatic carbocycles. The van der Waals surface area contributed by atoms with E-state index in [0.717, 1.165) is 48.9 Å². The summed E-state index contributed by atoms with van der Waals surface area (Å²) in [5, 5.41) is 20.4.